The van der Waals surface area contributed by atoms with Crippen molar-refractivity contribution in [2.24, 2.45) is 0 Å². The highest BCUT2D eigenvalue weighted by Gasteiger charge is 2.19. The van der Waals surface area contributed by atoms with Crippen molar-refractivity contribution in [2.45, 2.75) is 97.0 Å². The Morgan fingerprint density at radius 1 is 0.795 bits per heavy atom. The molecule has 2 unspecified atom stereocenters. The number of phosphoric ester groups is 1. The molecule has 0 saturated heterocycles. The van der Waals surface area contributed by atoms with E-state index in [1.165, 1.54) is 45.4 Å². The van der Waals surface area contributed by atoms with Crippen LogP contribution in [-0.4, -0.2) is 70.7 Å². The minimum absolute atomic E-state index is 0.0200. The monoisotopic (exact) mass is 573 g/mol. The van der Waals surface area contributed by atoms with E-state index in [2.05, 4.69) is 43.4 Å². The van der Waals surface area contributed by atoms with Gasteiger partial charge in [-0.15, -0.1) is 0 Å². The first-order valence-corrected chi connectivity index (χ1v) is 16.1. The number of esters is 1. The van der Waals surface area contributed by atoms with E-state index in [1.807, 2.05) is 21.1 Å². The minimum Gasteiger partial charge on any atom is -0.756 e. The van der Waals surface area contributed by atoms with Crippen LogP contribution in [0.3, 0.4) is 0 Å². The van der Waals surface area contributed by atoms with Gasteiger partial charge in [-0.1, -0.05) is 81.9 Å². The fourth-order valence-corrected chi connectivity index (χ4v) is 4.29. The van der Waals surface area contributed by atoms with Crippen molar-refractivity contribution in [1.29, 1.82) is 0 Å². The normalized spacial score (nSPS) is 14.9. The summed E-state index contributed by atoms with van der Waals surface area (Å²) in [5.74, 6) is -0.516. The number of unbranched alkanes of at least 4 members (excludes halogenated alkanes) is 8. The lowest BCUT2D eigenvalue weighted by molar-refractivity contribution is -0.870. The van der Waals surface area contributed by atoms with Gasteiger partial charge in [-0.05, 0) is 38.5 Å². The van der Waals surface area contributed by atoms with Gasteiger partial charge in [0, 0.05) is 13.5 Å². The maximum Gasteiger partial charge on any atom is 0.303 e. The Balaban J connectivity index is 3.77. The molecule has 0 aliphatic carbocycles. The Labute approximate surface area is 238 Å². The van der Waals surface area contributed by atoms with E-state index in [0.29, 0.717) is 17.6 Å². The molecule has 0 amide bonds. The van der Waals surface area contributed by atoms with Crippen molar-refractivity contribution in [3.63, 3.8) is 0 Å². The molecule has 0 heterocycles. The Morgan fingerprint density at radius 2 is 1.36 bits per heavy atom. The molecule has 0 spiro atoms. The topological polar surface area (TPSA) is 94.1 Å². The summed E-state index contributed by atoms with van der Waals surface area (Å²) in [5.41, 5.74) is 0. The molecular weight excluding hydrogens is 517 g/mol. The standard InChI is InChI=1S/C30H56NO7P/c1-6-7-8-9-10-11-12-13-14-15-16-17-18-19-20-21-22-23-25-35-27-30(38-29(2)32)28-37-39(33,34)36-26-24-31(3,4)5/h7-8,10-11,13-14,30H,6,9,12,15-28H2,1-5H3/b8-7-,11-10-,14-13-. The molecule has 228 valence electrons. The number of hydrogen-bond donors (Lipinski definition) is 0. The molecule has 9 heteroatoms. The first-order valence-electron chi connectivity index (χ1n) is 14.7. The van der Waals surface area contributed by atoms with E-state index in [9.17, 15) is 14.3 Å². The third-order valence-corrected chi connectivity index (χ3v) is 6.72. The SMILES string of the molecule is CC/C=C\C/C=C\C/C=C\CCCCCCCCCCOCC(COP(=O)([O-])OCC[N+](C)(C)C)OC(C)=O. The maximum atomic E-state index is 12.0. The molecule has 2 atom stereocenters. The number of rotatable bonds is 26. The summed E-state index contributed by atoms with van der Waals surface area (Å²) in [7, 11) is 1.33. The van der Waals surface area contributed by atoms with Crippen molar-refractivity contribution in [2.75, 3.05) is 54.1 Å². The molecule has 0 fully saturated rings. The molecule has 39 heavy (non-hydrogen) atoms. The number of quaternary nitrogens is 1. The average Bonchev–Trinajstić information content (AvgIpc) is 2.84. The summed E-state index contributed by atoms with van der Waals surface area (Å²) in [5, 5.41) is 0. The van der Waals surface area contributed by atoms with Crippen LogP contribution >= 0.6 is 7.82 Å². The summed E-state index contributed by atoms with van der Waals surface area (Å²) in [6, 6.07) is 0. The van der Waals surface area contributed by atoms with Crippen LogP contribution in [0.2, 0.25) is 0 Å². The lowest BCUT2D eigenvalue weighted by Crippen LogP contribution is -2.37. The van der Waals surface area contributed by atoms with Crippen LogP contribution in [0.25, 0.3) is 0 Å². The smallest absolute Gasteiger partial charge is 0.303 e. The number of carbonyl (C=O) groups excluding carboxylic acids is 1. The largest absolute Gasteiger partial charge is 0.756 e. The second-order valence-corrected chi connectivity index (χ2v) is 12.2. The third kappa shape index (κ3) is 29.5. The molecule has 0 N–H and O–H groups in total. The Morgan fingerprint density at radius 3 is 1.95 bits per heavy atom. The predicted octanol–water partition coefficient (Wildman–Crippen LogP) is 6.51. The molecule has 0 rings (SSSR count). The van der Waals surface area contributed by atoms with Gasteiger partial charge >= 0.3 is 5.97 Å². The van der Waals surface area contributed by atoms with Gasteiger partial charge in [0.15, 0.2) is 0 Å². The molecule has 0 radical (unpaired) electrons. The van der Waals surface area contributed by atoms with Crippen LogP contribution in [0.4, 0.5) is 0 Å². The van der Waals surface area contributed by atoms with Gasteiger partial charge in [0.2, 0.25) is 0 Å². The van der Waals surface area contributed by atoms with E-state index in [4.69, 9.17) is 18.5 Å². The van der Waals surface area contributed by atoms with Gasteiger partial charge in [0.05, 0.1) is 34.4 Å². The maximum absolute atomic E-state index is 12.0. The Hall–Kier alpha value is -1.28. The highest BCUT2D eigenvalue weighted by molar-refractivity contribution is 7.45. The van der Waals surface area contributed by atoms with Crippen LogP contribution in [-0.2, 0) is 27.9 Å². The van der Waals surface area contributed by atoms with Gasteiger partial charge < -0.3 is 27.9 Å². The third-order valence-electron chi connectivity index (χ3n) is 5.76. The number of carbonyl (C=O) groups is 1. The van der Waals surface area contributed by atoms with Crippen molar-refractivity contribution < 1.29 is 37.3 Å². The van der Waals surface area contributed by atoms with Crippen molar-refractivity contribution >= 4 is 13.8 Å². The van der Waals surface area contributed by atoms with Crippen LogP contribution in [0.5, 0.6) is 0 Å². The summed E-state index contributed by atoms with van der Waals surface area (Å²) < 4.78 is 33.0. The van der Waals surface area contributed by atoms with Crippen LogP contribution in [0.15, 0.2) is 36.5 Å². The number of nitrogens with zero attached hydrogens (tertiary/aromatic N) is 1. The van der Waals surface area contributed by atoms with E-state index < -0.39 is 19.9 Å². The molecule has 0 aromatic heterocycles. The van der Waals surface area contributed by atoms with Gasteiger partial charge in [0.25, 0.3) is 7.82 Å². The van der Waals surface area contributed by atoms with Gasteiger partial charge in [-0.3, -0.25) is 9.36 Å². The van der Waals surface area contributed by atoms with Crippen LogP contribution < -0.4 is 4.89 Å². The lowest BCUT2D eigenvalue weighted by Gasteiger charge is -2.28. The van der Waals surface area contributed by atoms with Crippen molar-refractivity contribution in [3.05, 3.63) is 36.5 Å². The summed E-state index contributed by atoms with van der Waals surface area (Å²) in [6.07, 6.45) is 26.4. The zero-order valence-corrected chi connectivity index (χ0v) is 26.2. The van der Waals surface area contributed by atoms with E-state index >= 15 is 0 Å². The Kier molecular flexibility index (Phi) is 23.7. The zero-order chi connectivity index (χ0) is 29.2. The summed E-state index contributed by atoms with van der Waals surface area (Å²) in [4.78, 5) is 23.3. The van der Waals surface area contributed by atoms with E-state index in [1.54, 1.807) is 0 Å². The van der Waals surface area contributed by atoms with Crippen LogP contribution in [0.1, 0.15) is 90.9 Å². The highest BCUT2D eigenvalue weighted by Crippen LogP contribution is 2.38. The molecule has 0 aromatic rings. The fraction of sp³-hybridized carbons (Fsp3) is 0.767. The minimum atomic E-state index is -4.47. The van der Waals surface area contributed by atoms with E-state index in [0.717, 1.165) is 38.5 Å². The Bertz CT molecular complexity index is 731. The second-order valence-electron chi connectivity index (χ2n) is 10.8. The molecule has 0 aliphatic heterocycles. The average molecular weight is 574 g/mol. The first-order chi connectivity index (χ1) is 18.6. The summed E-state index contributed by atoms with van der Waals surface area (Å²) >= 11 is 0. The predicted molar refractivity (Wildman–Crippen MR) is 157 cm³/mol. The molecule has 0 bridgehead atoms. The van der Waals surface area contributed by atoms with Gasteiger partial charge in [-0.2, -0.15) is 0 Å². The molecule has 0 saturated carbocycles. The molecule has 0 aliphatic rings. The lowest BCUT2D eigenvalue weighted by atomic mass is 10.1. The van der Waals surface area contributed by atoms with Crippen molar-refractivity contribution in [3.8, 4) is 0 Å². The van der Waals surface area contributed by atoms with Crippen molar-refractivity contribution in [1.82, 2.24) is 0 Å². The van der Waals surface area contributed by atoms with Gasteiger partial charge in [0.1, 0.15) is 19.3 Å². The zero-order valence-electron chi connectivity index (χ0n) is 25.3. The van der Waals surface area contributed by atoms with Gasteiger partial charge in [-0.25, -0.2) is 0 Å². The van der Waals surface area contributed by atoms with E-state index in [-0.39, 0.29) is 19.8 Å². The molecule has 0 aromatic carbocycles. The molecule has 8 nitrogen and oxygen atoms in total. The number of allylic oxidation sites excluding steroid dienone is 6. The first kappa shape index (κ1) is 37.7. The number of ether oxygens (including phenoxy) is 2. The highest BCUT2D eigenvalue weighted by atomic mass is 31.2. The number of hydrogen-bond acceptors (Lipinski definition) is 7. The number of likely N-dealkylation sites (N-methyl/N-ethyl adjacent to an activating group) is 1. The quantitative estimate of drug-likeness (QED) is 0.0383. The summed E-state index contributed by atoms with van der Waals surface area (Å²) in [6.45, 7) is 4.24. The van der Waals surface area contributed by atoms with Crippen LogP contribution in [0, 0.1) is 0 Å². The second kappa shape index (κ2) is 24.5. The molecular formula is C30H56NO7P. The number of phosphoric acid groups is 1. The fourth-order valence-electron chi connectivity index (χ4n) is 3.56.